The van der Waals surface area contributed by atoms with Gasteiger partial charge in [0.25, 0.3) is 0 Å². The van der Waals surface area contributed by atoms with Crippen LogP contribution >= 0.6 is 48.6 Å². The minimum absolute atomic E-state index is 0. The van der Waals surface area contributed by atoms with Crippen molar-refractivity contribution in [3.05, 3.63) is 0 Å². The fourth-order valence-corrected chi connectivity index (χ4v) is 11.7. The molecule has 0 radical (unpaired) electrons. The van der Waals surface area contributed by atoms with E-state index >= 15 is 0 Å². The molecule has 0 N–H and O–H groups in total. The summed E-state index contributed by atoms with van der Waals surface area (Å²) < 4.78 is 61.7. The van der Waals surface area contributed by atoms with Crippen molar-refractivity contribution >= 4 is 59.0 Å². The van der Waals surface area contributed by atoms with Gasteiger partial charge in [-0.15, -0.1) is 32.6 Å². The molecule has 12 atom stereocenters. The average Bonchev–Trinajstić information content (AvgIpc) is 3.33. The van der Waals surface area contributed by atoms with Gasteiger partial charge in [0.1, 0.15) is 12.2 Å². The van der Waals surface area contributed by atoms with E-state index in [4.69, 9.17) is 12.5 Å². The van der Waals surface area contributed by atoms with E-state index in [-0.39, 0.29) is 148 Å². The summed E-state index contributed by atoms with van der Waals surface area (Å²) in [7, 11) is -4.99. The fraction of sp³-hybridized carbons (Fsp3) is 1.00. The Hall–Kier alpha value is 3.98. The summed E-state index contributed by atoms with van der Waals surface area (Å²) in [5.74, 6) is 2.79. The van der Waals surface area contributed by atoms with E-state index in [9.17, 15) is 23.5 Å². The Balaban J connectivity index is 0.00000600. The van der Waals surface area contributed by atoms with Gasteiger partial charge in [-0.25, -0.2) is 8.42 Å². The molecule has 50 heavy (non-hydrogen) atoms. The van der Waals surface area contributed by atoms with Crippen molar-refractivity contribution in [3.8, 4) is 0 Å². The van der Waals surface area contributed by atoms with Gasteiger partial charge in [-0.05, 0) is 115 Å². The Kier molecular flexibility index (Phi) is 24.8. The van der Waals surface area contributed by atoms with Crippen LogP contribution in [0.4, 0.5) is 0 Å². The summed E-state index contributed by atoms with van der Waals surface area (Å²) >= 11 is 0.696. The number of rotatable bonds is 16. The fourth-order valence-electron chi connectivity index (χ4n) is 10.5. The maximum atomic E-state index is 12.1. The second-order valence-electron chi connectivity index (χ2n) is 16.0. The van der Waals surface area contributed by atoms with Crippen LogP contribution < -0.4 is 99.2 Å². The predicted molar refractivity (Wildman–Crippen MR) is 181 cm³/mol. The average molecular weight is 911 g/mol. The number of hydrogen-bond donors (Lipinski definition) is 0. The molecule has 0 saturated heterocycles. The SMILES string of the molecule is CC(CCC(C)C(C)(C)C(C)C)[C@H]1CCC2C3CC(OS(=O)(=O)[O-])C4CC(OSOO[O-])[C@@H](OSOO[O-])C[C@]4(C)C3CC[C@@]21C.I.[Na+].[Na+].[Na+]. The van der Waals surface area contributed by atoms with Crippen LogP contribution in [0.5, 0.6) is 0 Å². The van der Waals surface area contributed by atoms with E-state index in [1.54, 1.807) is 0 Å². The molecule has 0 amide bonds. The Bertz CT molecular complexity index is 1120. The van der Waals surface area contributed by atoms with Crippen molar-refractivity contribution < 1.29 is 143 Å². The van der Waals surface area contributed by atoms with E-state index in [1.807, 2.05) is 0 Å². The molecule has 0 heterocycles. The van der Waals surface area contributed by atoms with E-state index in [2.05, 4.69) is 74.1 Å². The van der Waals surface area contributed by atoms with Gasteiger partial charge in [0.15, 0.2) is 24.6 Å². The molecule has 4 fully saturated rings. The van der Waals surface area contributed by atoms with Crippen LogP contribution in [0.25, 0.3) is 0 Å². The Morgan fingerprint density at radius 2 is 1.36 bits per heavy atom. The topological polar surface area (TPSA) is 168 Å². The molecular formula is C31H54INa3O12S3. The molecule has 19 heteroatoms. The molecule has 4 rings (SSSR count). The molecular weight excluding hydrogens is 856 g/mol. The van der Waals surface area contributed by atoms with Crippen molar-refractivity contribution in [1.82, 2.24) is 0 Å². The van der Waals surface area contributed by atoms with Gasteiger partial charge in [-0.2, -0.15) is 0 Å². The molecule has 12 nitrogen and oxygen atoms in total. The molecule has 0 bridgehead atoms. The zero-order valence-electron chi connectivity index (χ0n) is 31.7. The maximum absolute atomic E-state index is 12.1. The van der Waals surface area contributed by atoms with Gasteiger partial charge in [-0.1, -0.05) is 61.8 Å². The normalized spacial score (nSPS) is 36.3. The molecule has 0 aromatic heterocycles. The van der Waals surface area contributed by atoms with Crippen molar-refractivity contribution in [1.29, 1.82) is 0 Å². The van der Waals surface area contributed by atoms with Crippen LogP contribution in [-0.4, -0.2) is 31.3 Å². The van der Waals surface area contributed by atoms with Crippen LogP contribution in [0, 0.1) is 63.6 Å². The molecule has 278 valence electrons. The monoisotopic (exact) mass is 910 g/mol. The smallest absolute Gasteiger partial charge is 0.726 e. The van der Waals surface area contributed by atoms with Gasteiger partial charge in [-0.3, -0.25) is 22.6 Å². The third kappa shape index (κ3) is 12.5. The van der Waals surface area contributed by atoms with E-state index in [0.717, 1.165) is 25.7 Å². The third-order valence-corrected chi connectivity index (χ3v) is 15.2. The first kappa shape index (κ1) is 54.0. The van der Waals surface area contributed by atoms with Crippen LogP contribution in [0.3, 0.4) is 0 Å². The van der Waals surface area contributed by atoms with Crippen molar-refractivity contribution in [2.75, 3.05) is 0 Å². The molecule has 0 spiro atoms. The number of fused-ring (bicyclic) bond motifs is 5. The predicted octanol–water partition coefficient (Wildman–Crippen LogP) is -2.58. The number of halogens is 1. The molecule has 0 aromatic rings. The van der Waals surface area contributed by atoms with Crippen LogP contribution in [0.2, 0.25) is 0 Å². The Morgan fingerprint density at radius 3 is 1.90 bits per heavy atom. The molecule has 4 aliphatic carbocycles. The van der Waals surface area contributed by atoms with Crippen LogP contribution in [-0.2, 0) is 41.7 Å². The van der Waals surface area contributed by atoms with E-state index in [0.29, 0.717) is 67.1 Å². The molecule has 0 aliphatic heterocycles. The van der Waals surface area contributed by atoms with Gasteiger partial charge < -0.3 is 15.1 Å². The van der Waals surface area contributed by atoms with Crippen molar-refractivity contribution in [3.63, 3.8) is 0 Å². The summed E-state index contributed by atoms with van der Waals surface area (Å²) in [5, 5.41) is 27.6. The first-order valence-corrected chi connectivity index (χ1v) is 19.4. The minimum atomic E-state index is -4.99. The zero-order valence-corrected chi connectivity index (χ0v) is 42.5. The quantitative estimate of drug-likeness (QED) is 0.0232. The third-order valence-electron chi connectivity index (χ3n) is 13.9. The summed E-state index contributed by atoms with van der Waals surface area (Å²) in [6.45, 7) is 18.8. The molecule has 0 aromatic carbocycles. The van der Waals surface area contributed by atoms with Gasteiger partial charge in [0, 0.05) is 0 Å². The summed E-state index contributed by atoms with van der Waals surface area (Å²) in [6.07, 6.45) is 5.55. The first-order valence-electron chi connectivity index (χ1n) is 16.7. The summed E-state index contributed by atoms with van der Waals surface area (Å²) in [4.78, 5) is 0. The first-order chi connectivity index (χ1) is 21.5. The summed E-state index contributed by atoms with van der Waals surface area (Å²) in [5.41, 5.74) is -0.0943. The van der Waals surface area contributed by atoms with Gasteiger partial charge in [0.05, 0.1) is 6.10 Å². The Labute approximate surface area is 392 Å². The van der Waals surface area contributed by atoms with E-state index < -0.39 is 34.1 Å². The minimum Gasteiger partial charge on any atom is -0.726 e. The van der Waals surface area contributed by atoms with E-state index in [1.165, 1.54) is 12.8 Å². The van der Waals surface area contributed by atoms with Gasteiger partial charge >= 0.3 is 88.7 Å². The second kappa shape index (κ2) is 22.9. The maximum Gasteiger partial charge on any atom is 1.00 e. The second-order valence-corrected chi connectivity index (χ2v) is 18.0. The van der Waals surface area contributed by atoms with Crippen LogP contribution in [0.15, 0.2) is 0 Å². The largest absolute Gasteiger partial charge is 1.00 e. The molecule has 4 aliphatic rings. The number of hydrogen-bond acceptors (Lipinski definition) is 14. The van der Waals surface area contributed by atoms with Crippen molar-refractivity contribution in [2.24, 2.45) is 63.6 Å². The van der Waals surface area contributed by atoms with Gasteiger partial charge in [0.2, 0.25) is 10.4 Å². The molecule has 8 unspecified atom stereocenters. The zero-order chi connectivity index (χ0) is 34.1. The standard InChI is InChI=1S/C31H56O12S3.HI.3Na/c1-18(2)29(5,6)20(4)10-9-19(3)22-11-12-23-21-15-26(39-46(34,35)36)25-16-27(37-44-42-40-32)28(38-45-43-41-33)17-31(25,8)24(21)13-14-30(22,23)7;;;;/h18-28,32-33H,9-17H2,1-8H3,(H,34,35,36);1H;;;/q;;3*+1/p-3/t19?,20?,21?,22-,23?,24?,25?,26?,27?,28+,30-,31-;;;;/m1..../s1. The van der Waals surface area contributed by atoms with Crippen molar-refractivity contribution in [2.45, 2.75) is 131 Å². The Morgan fingerprint density at radius 1 is 0.800 bits per heavy atom. The summed E-state index contributed by atoms with van der Waals surface area (Å²) in [6, 6.07) is 0. The molecule has 4 saturated carbocycles. The van der Waals surface area contributed by atoms with Crippen LogP contribution in [0.1, 0.15) is 113 Å².